The fourth-order valence-corrected chi connectivity index (χ4v) is 6.61. The van der Waals surface area contributed by atoms with Gasteiger partial charge in [0.15, 0.2) is 12.4 Å². The predicted molar refractivity (Wildman–Crippen MR) is 184 cm³/mol. The number of amides is 3. The minimum absolute atomic E-state index is 0.0157. The molecule has 3 aromatic carbocycles. The SMILES string of the molecule is COc1ccc(C(=O)c2ccc(OCC(=O)N3CCC(CCCC4CCN(C(=O)Nc5ccccc5OC)CC4)CC3)cc2)c(OC)c1. The lowest BCUT2D eigenvalue weighted by Gasteiger charge is -2.33. The van der Waals surface area contributed by atoms with Gasteiger partial charge in [0.1, 0.15) is 23.0 Å². The molecule has 0 aromatic heterocycles. The summed E-state index contributed by atoms with van der Waals surface area (Å²) in [6.45, 7) is 3.03. The average Bonchev–Trinajstić information content (AvgIpc) is 3.14. The number of piperidine rings is 2. The van der Waals surface area contributed by atoms with Gasteiger partial charge in [-0.05, 0) is 86.1 Å². The first kappa shape index (κ1) is 34.6. The number of carbonyl (C=O) groups is 3. The van der Waals surface area contributed by atoms with Crippen LogP contribution in [-0.4, -0.2) is 81.6 Å². The second-order valence-electron chi connectivity index (χ2n) is 12.5. The number of ether oxygens (including phenoxy) is 4. The monoisotopic (exact) mass is 657 g/mol. The van der Waals surface area contributed by atoms with Crippen LogP contribution in [0.5, 0.6) is 23.0 Å². The predicted octanol–water partition coefficient (Wildman–Crippen LogP) is 6.68. The van der Waals surface area contributed by atoms with E-state index in [2.05, 4.69) is 5.32 Å². The number of benzene rings is 3. The van der Waals surface area contributed by atoms with Crippen LogP contribution in [0.15, 0.2) is 66.7 Å². The summed E-state index contributed by atoms with van der Waals surface area (Å²) >= 11 is 0. The molecule has 3 amide bonds. The first-order valence-electron chi connectivity index (χ1n) is 16.8. The number of nitrogens with zero attached hydrogens (tertiary/aromatic N) is 2. The van der Waals surface area contributed by atoms with E-state index in [-0.39, 0.29) is 24.3 Å². The molecule has 0 atom stereocenters. The molecule has 48 heavy (non-hydrogen) atoms. The summed E-state index contributed by atoms with van der Waals surface area (Å²) in [6, 6.07) is 19.3. The highest BCUT2D eigenvalue weighted by atomic mass is 16.5. The molecule has 0 spiro atoms. The maximum Gasteiger partial charge on any atom is 0.321 e. The summed E-state index contributed by atoms with van der Waals surface area (Å²) < 4.78 is 21.7. The maximum atomic E-state index is 13.0. The van der Waals surface area contributed by atoms with Crippen LogP contribution in [0.4, 0.5) is 10.5 Å². The molecule has 5 rings (SSSR count). The molecule has 10 nitrogen and oxygen atoms in total. The molecule has 2 aliphatic heterocycles. The molecule has 0 bridgehead atoms. The highest BCUT2D eigenvalue weighted by molar-refractivity contribution is 6.10. The summed E-state index contributed by atoms with van der Waals surface area (Å²) in [5.74, 6) is 3.35. The van der Waals surface area contributed by atoms with Crippen molar-refractivity contribution in [2.75, 3.05) is 59.4 Å². The third kappa shape index (κ3) is 8.99. The molecule has 2 aliphatic rings. The zero-order valence-electron chi connectivity index (χ0n) is 28.2. The quantitative estimate of drug-likeness (QED) is 0.205. The zero-order chi connectivity index (χ0) is 33.9. The van der Waals surface area contributed by atoms with Gasteiger partial charge in [0.05, 0.1) is 32.6 Å². The van der Waals surface area contributed by atoms with Crippen LogP contribution in [0.2, 0.25) is 0 Å². The van der Waals surface area contributed by atoms with Gasteiger partial charge < -0.3 is 34.1 Å². The smallest absolute Gasteiger partial charge is 0.321 e. The van der Waals surface area contributed by atoms with E-state index >= 15 is 0 Å². The number of rotatable bonds is 13. The van der Waals surface area contributed by atoms with E-state index in [0.717, 1.165) is 51.9 Å². The summed E-state index contributed by atoms with van der Waals surface area (Å²) in [5.41, 5.74) is 1.63. The molecular weight excluding hydrogens is 610 g/mol. The Morgan fingerprint density at radius 3 is 1.94 bits per heavy atom. The van der Waals surface area contributed by atoms with Crippen molar-refractivity contribution in [3.8, 4) is 23.0 Å². The lowest BCUT2D eigenvalue weighted by atomic mass is 9.87. The molecule has 0 saturated carbocycles. The van der Waals surface area contributed by atoms with Crippen molar-refractivity contribution in [1.29, 1.82) is 0 Å². The number of ketones is 1. The minimum atomic E-state index is -0.171. The van der Waals surface area contributed by atoms with Crippen LogP contribution >= 0.6 is 0 Å². The van der Waals surface area contributed by atoms with E-state index < -0.39 is 0 Å². The van der Waals surface area contributed by atoms with Crippen molar-refractivity contribution >= 4 is 23.4 Å². The fraction of sp³-hybridized carbons (Fsp3) is 0.447. The number of anilines is 1. The van der Waals surface area contributed by atoms with Crippen LogP contribution in [0.3, 0.4) is 0 Å². The van der Waals surface area contributed by atoms with Crippen molar-refractivity contribution in [3.63, 3.8) is 0 Å². The third-order valence-electron chi connectivity index (χ3n) is 9.57. The Kier molecular flexibility index (Phi) is 12.2. The second kappa shape index (κ2) is 16.9. The number of para-hydroxylation sites is 2. The number of carbonyl (C=O) groups excluding carboxylic acids is 3. The normalized spacial score (nSPS) is 15.5. The molecule has 3 aromatic rings. The third-order valence-corrected chi connectivity index (χ3v) is 9.57. The van der Waals surface area contributed by atoms with Crippen molar-refractivity contribution in [3.05, 3.63) is 77.9 Å². The number of likely N-dealkylation sites (tertiary alicyclic amines) is 2. The van der Waals surface area contributed by atoms with Crippen molar-refractivity contribution in [1.82, 2.24) is 9.80 Å². The van der Waals surface area contributed by atoms with Crippen LogP contribution in [0.25, 0.3) is 0 Å². The first-order valence-corrected chi connectivity index (χ1v) is 16.8. The van der Waals surface area contributed by atoms with Crippen LogP contribution < -0.4 is 24.3 Å². The lowest BCUT2D eigenvalue weighted by molar-refractivity contribution is -0.134. The van der Waals surface area contributed by atoms with Gasteiger partial charge in [-0.25, -0.2) is 4.79 Å². The Labute approximate surface area is 283 Å². The van der Waals surface area contributed by atoms with Gasteiger partial charge in [-0.3, -0.25) is 9.59 Å². The van der Waals surface area contributed by atoms with Gasteiger partial charge >= 0.3 is 6.03 Å². The van der Waals surface area contributed by atoms with E-state index in [1.54, 1.807) is 56.7 Å². The van der Waals surface area contributed by atoms with Gasteiger partial charge in [-0.15, -0.1) is 0 Å². The van der Waals surface area contributed by atoms with Gasteiger partial charge in [-0.2, -0.15) is 0 Å². The van der Waals surface area contributed by atoms with Gasteiger partial charge in [-0.1, -0.05) is 31.4 Å². The van der Waals surface area contributed by atoms with Gasteiger partial charge in [0.2, 0.25) is 0 Å². The van der Waals surface area contributed by atoms with Crippen LogP contribution in [-0.2, 0) is 4.79 Å². The highest BCUT2D eigenvalue weighted by Crippen LogP contribution is 2.30. The molecule has 10 heteroatoms. The highest BCUT2D eigenvalue weighted by Gasteiger charge is 2.26. The molecule has 0 radical (unpaired) electrons. The lowest BCUT2D eigenvalue weighted by Crippen LogP contribution is -2.41. The average molecular weight is 658 g/mol. The van der Waals surface area contributed by atoms with Crippen LogP contribution in [0.1, 0.15) is 60.9 Å². The Hall–Kier alpha value is -4.73. The minimum Gasteiger partial charge on any atom is -0.497 e. The fourth-order valence-electron chi connectivity index (χ4n) is 6.61. The van der Waals surface area contributed by atoms with Crippen molar-refractivity contribution in [2.45, 2.75) is 44.9 Å². The van der Waals surface area contributed by atoms with Gasteiger partial charge in [0, 0.05) is 37.8 Å². The Balaban J connectivity index is 0.965. The first-order chi connectivity index (χ1) is 23.4. The number of hydrogen-bond donors (Lipinski definition) is 1. The molecule has 0 unspecified atom stereocenters. The second-order valence-corrected chi connectivity index (χ2v) is 12.5. The number of urea groups is 1. The number of methoxy groups -OCH3 is 3. The van der Waals surface area contributed by atoms with E-state index in [4.69, 9.17) is 18.9 Å². The molecular formula is C38H47N3O7. The molecule has 2 fully saturated rings. The topological polar surface area (TPSA) is 107 Å². The molecule has 0 aliphatic carbocycles. The van der Waals surface area contributed by atoms with E-state index in [9.17, 15) is 14.4 Å². The Bertz CT molecular complexity index is 1530. The molecule has 256 valence electrons. The van der Waals surface area contributed by atoms with Crippen molar-refractivity contribution < 1.29 is 33.3 Å². The largest absolute Gasteiger partial charge is 0.497 e. The summed E-state index contributed by atoms with van der Waals surface area (Å²) in [4.78, 5) is 42.5. The van der Waals surface area contributed by atoms with Crippen LogP contribution in [0, 0.1) is 11.8 Å². The Morgan fingerprint density at radius 2 is 1.31 bits per heavy atom. The summed E-state index contributed by atoms with van der Waals surface area (Å²) in [6.07, 6.45) is 7.64. The van der Waals surface area contributed by atoms with E-state index in [1.165, 1.54) is 26.4 Å². The Morgan fingerprint density at radius 1 is 0.708 bits per heavy atom. The summed E-state index contributed by atoms with van der Waals surface area (Å²) in [5, 5.41) is 2.98. The van der Waals surface area contributed by atoms with E-state index in [0.29, 0.717) is 51.6 Å². The van der Waals surface area contributed by atoms with E-state index in [1.807, 2.05) is 34.1 Å². The number of hydrogen-bond acceptors (Lipinski definition) is 7. The van der Waals surface area contributed by atoms with Crippen molar-refractivity contribution in [2.24, 2.45) is 11.8 Å². The summed E-state index contributed by atoms with van der Waals surface area (Å²) in [7, 11) is 4.68. The molecule has 2 saturated heterocycles. The zero-order valence-corrected chi connectivity index (χ0v) is 28.2. The number of nitrogens with one attached hydrogen (secondary N) is 1. The molecule has 2 heterocycles. The standard InChI is InChI=1S/C38H47N3O7/c1-45-31-15-16-32(35(25-31)47-3)37(43)29-11-13-30(14-12-29)48-26-36(42)40-21-17-27(18-22-40)7-6-8-28-19-23-41(24-20-28)38(44)39-33-9-4-5-10-34(33)46-2/h4-5,9-16,25,27-28H,6-8,17-24,26H2,1-3H3,(H,39,44). The maximum absolute atomic E-state index is 13.0. The van der Waals surface area contributed by atoms with Gasteiger partial charge in [0.25, 0.3) is 5.91 Å². The molecule has 1 N–H and O–H groups in total.